The molecule has 66 valence electrons. The molecule has 0 amide bonds. The maximum atomic E-state index is 4.11. The minimum atomic E-state index is 0.638. The second-order valence-electron chi connectivity index (χ2n) is 3.82. The van der Waals surface area contributed by atoms with Gasteiger partial charge in [0.15, 0.2) is 0 Å². The van der Waals surface area contributed by atoms with E-state index in [0.717, 1.165) is 5.92 Å². The molecule has 1 aromatic heterocycles. The zero-order valence-corrected chi connectivity index (χ0v) is 8.12. The van der Waals surface area contributed by atoms with Crippen molar-refractivity contribution in [2.24, 2.45) is 5.92 Å². The zero-order chi connectivity index (χ0) is 8.97. The summed E-state index contributed by atoms with van der Waals surface area (Å²) in [4.78, 5) is 4.11. The largest absolute Gasteiger partial charge is 0.264 e. The minimum Gasteiger partial charge on any atom is -0.264 e. The molecule has 0 aliphatic rings. The fraction of sp³-hybridized carbons (Fsp3) is 0.545. The predicted octanol–water partition coefficient (Wildman–Crippen LogP) is 3.23. The highest BCUT2D eigenvalue weighted by atomic mass is 14.6. The number of rotatable bonds is 3. The van der Waals surface area contributed by atoms with Crippen LogP contribution in [0.5, 0.6) is 0 Å². The zero-order valence-electron chi connectivity index (χ0n) is 8.12. The number of nitrogens with zero attached hydrogens (tertiary/aromatic N) is 1. The van der Waals surface area contributed by atoms with Gasteiger partial charge in [-0.2, -0.15) is 0 Å². The summed E-state index contributed by atoms with van der Waals surface area (Å²) in [6, 6.07) is 4.16. The van der Waals surface area contributed by atoms with E-state index in [0.29, 0.717) is 5.92 Å². The number of pyridine rings is 1. The second kappa shape index (κ2) is 4.24. The van der Waals surface area contributed by atoms with Gasteiger partial charge < -0.3 is 0 Å². The van der Waals surface area contributed by atoms with Crippen LogP contribution in [0.4, 0.5) is 0 Å². The molecule has 0 N–H and O–H groups in total. The van der Waals surface area contributed by atoms with E-state index < -0.39 is 0 Å². The SMILES string of the molecule is CC(C)C[C@H](C)c1cccnc1. The smallest absolute Gasteiger partial charge is 0.0302 e. The Balaban J connectivity index is 2.59. The molecule has 0 radical (unpaired) electrons. The lowest BCUT2D eigenvalue weighted by Crippen LogP contribution is -1.98. The lowest BCUT2D eigenvalue weighted by Gasteiger charge is -2.13. The molecule has 1 aromatic rings. The second-order valence-corrected chi connectivity index (χ2v) is 3.82. The van der Waals surface area contributed by atoms with Crippen LogP contribution in [-0.4, -0.2) is 4.98 Å². The van der Waals surface area contributed by atoms with Crippen LogP contribution < -0.4 is 0 Å². The molecule has 0 saturated carbocycles. The van der Waals surface area contributed by atoms with E-state index in [4.69, 9.17) is 0 Å². The van der Waals surface area contributed by atoms with Crippen LogP contribution in [0.25, 0.3) is 0 Å². The fourth-order valence-corrected chi connectivity index (χ4v) is 1.51. The molecule has 1 nitrogen and oxygen atoms in total. The first-order valence-corrected chi connectivity index (χ1v) is 4.60. The van der Waals surface area contributed by atoms with Crippen molar-refractivity contribution in [3.05, 3.63) is 30.1 Å². The van der Waals surface area contributed by atoms with Gasteiger partial charge in [-0.25, -0.2) is 0 Å². The van der Waals surface area contributed by atoms with Crippen LogP contribution in [0.3, 0.4) is 0 Å². The molecule has 0 fully saturated rings. The summed E-state index contributed by atoms with van der Waals surface area (Å²) in [7, 11) is 0. The topological polar surface area (TPSA) is 12.9 Å². The average Bonchev–Trinajstić information content (AvgIpc) is 2.05. The van der Waals surface area contributed by atoms with Crippen molar-refractivity contribution in [2.75, 3.05) is 0 Å². The molecule has 0 aromatic carbocycles. The van der Waals surface area contributed by atoms with Gasteiger partial charge in [0.25, 0.3) is 0 Å². The average molecular weight is 163 g/mol. The van der Waals surface area contributed by atoms with E-state index in [2.05, 4.69) is 31.8 Å². The maximum absolute atomic E-state index is 4.11. The third-order valence-electron chi connectivity index (χ3n) is 2.08. The molecule has 0 aliphatic carbocycles. The van der Waals surface area contributed by atoms with Gasteiger partial charge in [-0.05, 0) is 29.9 Å². The summed E-state index contributed by atoms with van der Waals surface area (Å²) >= 11 is 0. The highest BCUT2D eigenvalue weighted by Gasteiger charge is 2.06. The summed E-state index contributed by atoms with van der Waals surface area (Å²) in [5.74, 6) is 1.40. The molecular weight excluding hydrogens is 146 g/mol. The van der Waals surface area contributed by atoms with Crippen LogP contribution in [0.1, 0.15) is 38.7 Å². The highest BCUT2D eigenvalue weighted by Crippen LogP contribution is 2.21. The van der Waals surface area contributed by atoms with Crippen molar-refractivity contribution in [1.82, 2.24) is 4.98 Å². The fourth-order valence-electron chi connectivity index (χ4n) is 1.51. The Morgan fingerprint density at radius 2 is 2.08 bits per heavy atom. The van der Waals surface area contributed by atoms with Gasteiger partial charge in [-0.3, -0.25) is 4.98 Å². The van der Waals surface area contributed by atoms with E-state index in [1.54, 1.807) is 0 Å². The first kappa shape index (κ1) is 9.24. The van der Waals surface area contributed by atoms with Crippen molar-refractivity contribution in [3.8, 4) is 0 Å². The Morgan fingerprint density at radius 3 is 2.58 bits per heavy atom. The molecule has 12 heavy (non-hydrogen) atoms. The van der Waals surface area contributed by atoms with E-state index in [-0.39, 0.29) is 0 Å². The van der Waals surface area contributed by atoms with Gasteiger partial charge >= 0.3 is 0 Å². The molecule has 0 saturated heterocycles. The highest BCUT2D eigenvalue weighted by molar-refractivity contribution is 5.13. The van der Waals surface area contributed by atoms with Crippen molar-refractivity contribution in [1.29, 1.82) is 0 Å². The van der Waals surface area contributed by atoms with E-state index in [1.165, 1.54) is 12.0 Å². The number of aromatic nitrogens is 1. The van der Waals surface area contributed by atoms with Crippen molar-refractivity contribution in [2.45, 2.75) is 33.1 Å². The summed E-state index contributed by atoms with van der Waals surface area (Å²) in [5, 5.41) is 0. The molecule has 0 aliphatic heterocycles. The van der Waals surface area contributed by atoms with Gasteiger partial charge in [0.2, 0.25) is 0 Å². The molecular formula is C11H17N. The lowest BCUT2D eigenvalue weighted by atomic mass is 9.93. The lowest BCUT2D eigenvalue weighted by molar-refractivity contribution is 0.523. The third kappa shape index (κ3) is 2.65. The Bertz CT molecular complexity index is 216. The first-order valence-electron chi connectivity index (χ1n) is 4.60. The Morgan fingerprint density at radius 1 is 1.33 bits per heavy atom. The summed E-state index contributed by atoms with van der Waals surface area (Å²) < 4.78 is 0. The van der Waals surface area contributed by atoms with Crippen LogP contribution in [-0.2, 0) is 0 Å². The molecule has 1 atom stereocenters. The molecule has 0 bridgehead atoms. The third-order valence-corrected chi connectivity index (χ3v) is 2.08. The van der Waals surface area contributed by atoms with Crippen LogP contribution >= 0.6 is 0 Å². The Kier molecular flexibility index (Phi) is 3.27. The molecule has 1 rings (SSSR count). The van der Waals surface area contributed by atoms with E-state index >= 15 is 0 Å². The van der Waals surface area contributed by atoms with Gasteiger partial charge in [0.1, 0.15) is 0 Å². The minimum absolute atomic E-state index is 0.638. The van der Waals surface area contributed by atoms with Crippen LogP contribution in [0.15, 0.2) is 24.5 Å². The van der Waals surface area contributed by atoms with Crippen molar-refractivity contribution in [3.63, 3.8) is 0 Å². The van der Waals surface area contributed by atoms with Gasteiger partial charge in [0.05, 0.1) is 0 Å². The maximum Gasteiger partial charge on any atom is 0.0302 e. The van der Waals surface area contributed by atoms with Gasteiger partial charge in [-0.15, -0.1) is 0 Å². The predicted molar refractivity (Wildman–Crippen MR) is 52.1 cm³/mol. The summed E-state index contributed by atoms with van der Waals surface area (Å²) in [6.07, 6.45) is 5.03. The van der Waals surface area contributed by atoms with Gasteiger partial charge in [0, 0.05) is 12.4 Å². The van der Waals surface area contributed by atoms with Crippen molar-refractivity contribution < 1.29 is 0 Å². The number of hydrogen-bond acceptors (Lipinski definition) is 1. The summed E-state index contributed by atoms with van der Waals surface area (Å²) in [6.45, 7) is 6.77. The van der Waals surface area contributed by atoms with Crippen molar-refractivity contribution >= 4 is 0 Å². The van der Waals surface area contributed by atoms with Gasteiger partial charge in [-0.1, -0.05) is 26.8 Å². The standard InChI is InChI=1S/C11H17N/c1-9(2)7-10(3)11-5-4-6-12-8-11/h4-6,8-10H,7H2,1-3H3/t10-/m0/s1. The Labute approximate surface area is 74.8 Å². The Hall–Kier alpha value is -0.850. The molecule has 0 spiro atoms. The molecule has 0 unspecified atom stereocenters. The quantitative estimate of drug-likeness (QED) is 0.666. The molecule has 1 heteroatoms. The normalized spacial score (nSPS) is 13.3. The monoisotopic (exact) mass is 163 g/mol. The first-order chi connectivity index (χ1) is 5.70. The molecule has 1 heterocycles. The van der Waals surface area contributed by atoms with Crippen LogP contribution in [0, 0.1) is 5.92 Å². The van der Waals surface area contributed by atoms with Crippen LogP contribution in [0.2, 0.25) is 0 Å². The van der Waals surface area contributed by atoms with E-state index in [9.17, 15) is 0 Å². The van der Waals surface area contributed by atoms with E-state index in [1.807, 2.05) is 18.5 Å². The number of hydrogen-bond donors (Lipinski definition) is 0. The summed E-state index contributed by atoms with van der Waals surface area (Å²) in [5.41, 5.74) is 1.35.